The fraction of sp³-hybridized carbons (Fsp3) is 0.143. The van der Waals surface area contributed by atoms with Gasteiger partial charge in [0.2, 0.25) is 11.9 Å². The number of nitrogens with two attached hydrogens (primary N) is 1. The first-order valence-electron chi connectivity index (χ1n) is 6.83. The highest BCUT2D eigenvalue weighted by Crippen LogP contribution is 2.29. The van der Waals surface area contributed by atoms with Crippen molar-refractivity contribution in [2.24, 2.45) is 0 Å². The number of nitrogen functional groups attached to an aromatic ring is 1. The van der Waals surface area contributed by atoms with Crippen molar-refractivity contribution < 1.29 is 14.6 Å². The van der Waals surface area contributed by atoms with Gasteiger partial charge in [-0.3, -0.25) is 9.89 Å². The fourth-order valence-corrected chi connectivity index (χ4v) is 2.82. The zero-order valence-electron chi connectivity index (χ0n) is 12.6. The predicted octanol–water partition coefficient (Wildman–Crippen LogP) is 1.38. The predicted molar refractivity (Wildman–Crippen MR) is 90.1 cm³/mol. The van der Waals surface area contributed by atoms with Gasteiger partial charge in [0.1, 0.15) is 5.03 Å². The fourth-order valence-electron chi connectivity index (χ4n) is 2.02. The number of hydrogen-bond acceptors (Lipinski definition) is 8. The minimum atomic E-state index is -0.235. The molecule has 0 spiro atoms. The number of carbonyl (C=O) groups is 1. The number of amides is 1. The number of nitrogens with one attached hydrogen (secondary N) is 2. The van der Waals surface area contributed by atoms with Crippen LogP contribution in [-0.4, -0.2) is 44.0 Å². The molecule has 0 aliphatic carbocycles. The van der Waals surface area contributed by atoms with Gasteiger partial charge in [0.25, 0.3) is 0 Å². The van der Waals surface area contributed by atoms with Gasteiger partial charge in [-0.25, -0.2) is 4.98 Å². The molecule has 10 heteroatoms. The minimum Gasteiger partial charge on any atom is -0.504 e. The van der Waals surface area contributed by atoms with E-state index in [2.05, 4.69) is 25.5 Å². The SMILES string of the molecule is COc1cc(NC(=O)CSc2nc(N)nc3[nH]ncc23)ccc1O. The average Bonchev–Trinajstić information content (AvgIpc) is 3.02. The van der Waals surface area contributed by atoms with Crippen LogP contribution in [0, 0.1) is 0 Å². The van der Waals surface area contributed by atoms with E-state index in [1.54, 1.807) is 12.3 Å². The van der Waals surface area contributed by atoms with Crippen LogP contribution in [0.3, 0.4) is 0 Å². The maximum atomic E-state index is 12.1. The molecule has 2 aromatic heterocycles. The van der Waals surface area contributed by atoms with E-state index in [9.17, 15) is 9.90 Å². The minimum absolute atomic E-state index is 0.00341. The van der Waals surface area contributed by atoms with Crippen molar-refractivity contribution in [3.63, 3.8) is 0 Å². The van der Waals surface area contributed by atoms with Crippen molar-refractivity contribution in [1.82, 2.24) is 20.2 Å². The third kappa shape index (κ3) is 3.33. The van der Waals surface area contributed by atoms with Crippen LogP contribution < -0.4 is 15.8 Å². The van der Waals surface area contributed by atoms with E-state index in [-0.39, 0.29) is 29.1 Å². The number of phenols is 1. The molecule has 0 aliphatic heterocycles. The van der Waals surface area contributed by atoms with Gasteiger partial charge in [-0.05, 0) is 12.1 Å². The average molecular weight is 346 g/mol. The first-order valence-corrected chi connectivity index (χ1v) is 7.81. The number of H-pyrrole nitrogens is 1. The first-order chi connectivity index (χ1) is 11.6. The molecule has 1 aromatic carbocycles. The third-order valence-corrected chi connectivity index (χ3v) is 4.09. The zero-order valence-corrected chi connectivity index (χ0v) is 13.4. The summed E-state index contributed by atoms with van der Waals surface area (Å²) in [5, 5.41) is 20.2. The Balaban J connectivity index is 1.68. The summed E-state index contributed by atoms with van der Waals surface area (Å²) in [6.07, 6.45) is 1.58. The van der Waals surface area contributed by atoms with E-state index in [1.165, 1.54) is 31.0 Å². The Morgan fingerprint density at radius 2 is 2.29 bits per heavy atom. The van der Waals surface area contributed by atoms with Gasteiger partial charge in [0, 0.05) is 11.8 Å². The van der Waals surface area contributed by atoms with E-state index < -0.39 is 0 Å². The van der Waals surface area contributed by atoms with Gasteiger partial charge < -0.3 is 20.9 Å². The molecule has 24 heavy (non-hydrogen) atoms. The van der Waals surface area contributed by atoms with E-state index in [1.807, 2.05) is 0 Å². The van der Waals surface area contributed by atoms with Crippen molar-refractivity contribution in [3.05, 3.63) is 24.4 Å². The van der Waals surface area contributed by atoms with Crippen LogP contribution in [0.15, 0.2) is 29.4 Å². The topological polar surface area (TPSA) is 139 Å². The summed E-state index contributed by atoms with van der Waals surface area (Å²) in [7, 11) is 1.44. The molecular weight excluding hydrogens is 332 g/mol. The number of ether oxygens (including phenoxy) is 1. The molecule has 9 nitrogen and oxygen atoms in total. The highest BCUT2D eigenvalue weighted by molar-refractivity contribution is 8.00. The van der Waals surface area contributed by atoms with Crippen LogP contribution in [0.1, 0.15) is 0 Å². The van der Waals surface area contributed by atoms with Crippen molar-refractivity contribution in [1.29, 1.82) is 0 Å². The number of phenolic OH excluding ortho intramolecular Hbond substituents is 1. The van der Waals surface area contributed by atoms with Gasteiger partial charge in [0.05, 0.1) is 24.4 Å². The molecular formula is C14H14N6O3S. The number of fused-ring (bicyclic) bond motifs is 1. The van der Waals surface area contributed by atoms with E-state index in [4.69, 9.17) is 10.5 Å². The van der Waals surface area contributed by atoms with Crippen LogP contribution in [0.2, 0.25) is 0 Å². The highest BCUT2D eigenvalue weighted by atomic mass is 32.2. The lowest BCUT2D eigenvalue weighted by atomic mass is 10.3. The maximum absolute atomic E-state index is 12.1. The van der Waals surface area contributed by atoms with Crippen LogP contribution in [-0.2, 0) is 4.79 Å². The van der Waals surface area contributed by atoms with Crippen LogP contribution in [0.5, 0.6) is 11.5 Å². The molecule has 0 radical (unpaired) electrons. The largest absolute Gasteiger partial charge is 0.504 e. The lowest BCUT2D eigenvalue weighted by Gasteiger charge is -2.08. The monoisotopic (exact) mass is 346 g/mol. The summed E-state index contributed by atoms with van der Waals surface area (Å²) < 4.78 is 5.00. The maximum Gasteiger partial charge on any atom is 0.234 e. The number of aromatic hydroxyl groups is 1. The molecule has 5 N–H and O–H groups in total. The lowest BCUT2D eigenvalue weighted by Crippen LogP contribution is -2.14. The number of carbonyl (C=O) groups excluding carboxylic acids is 1. The van der Waals surface area contributed by atoms with Crippen molar-refractivity contribution >= 4 is 40.3 Å². The summed E-state index contributed by atoms with van der Waals surface area (Å²) in [5.74, 6) is 0.284. The van der Waals surface area contributed by atoms with Gasteiger partial charge in [-0.2, -0.15) is 10.1 Å². The van der Waals surface area contributed by atoms with Crippen molar-refractivity contribution in [2.45, 2.75) is 5.03 Å². The number of methoxy groups -OCH3 is 1. The molecule has 0 aliphatic rings. The second-order valence-electron chi connectivity index (χ2n) is 4.74. The van der Waals surface area contributed by atoms with E-state index in [0.29, 0.717) is 21.7 Å². The smallest absolute Gasteiger partial charge is 0.234 e. The summed E-state index contributed by atoms with van der Waals surface area (Å²) in [4.78, 5) is 20.2. The number of rotatable bonds is 5. The number of aromatic nitrogens is 4. The Morgan fingerprint density at radius 1 is 1.46 bits per heavy atom. The van der Waals surface area contributed by atoms with Gasteiger partial charge in [0.15, 0.2) is 17.1 Å². The van der Waals surface area contributed by atoms with Gasteiger partial charge in [-0.15, -0.1) is 0 Å². The quantitative estimate of drug-likeness (QED) is 0.309. The van der Waals surface area contributed by atoms with Crippen LogP contribution in [0.25, 0.3) is 11.0 Å². The second kappa shape index (κ2) is 6.62. The molecule has 124 valence electrons. The standard InChI is InChI=1S/C14H14N6O3S/c1-23-10-4-7(2-3-9(10)21)17-11(22)6-24-13-8-5-16-20-12(8)18-14(15)19-13/h2-5,21H,6H2,1H3,(H,17,22)(H3,15,16,18,19,20). The Morgan fingerprint density at radius 3 is 3.08 bits per heavy atom. The Labute approximate surface area is 140 Å². The van der Waals surface area contributed by atoms with Gasteiger partial charge in [-0.1, -0.05) is 11.8 Å². The summed E-state index contributed by atoms with van der Waals surface area (Å²) in [5.41, 5.74) is 6.68. The Kier molecular flexibility index (Phi) is 4.38. The van der Waals surface area contributed by atoms with Crippen molar-refractivity contribution in [2.75, 3.05) is 23.9 Å². The molecule has 0 saturated heterocycles. The number of thioether (sulfide) groups is 1. The van der Waals surface area contributed by atoms with Crippen molar-refractivity contribution in [3.8, 4) is 11.5 Å². The number of benzene rings is 1. The van der Waals surface area contributed by atoms with Crippen LogP contribution >= 0.6 is 11.8 Å². The normalized spacial score (nSPS) is 10.7. The van der Waals surface area contributed by atoms with Gasteiger partial charge >= 0.3 is 0 Å². The summed E-state index contributed by atoms with van der Waals surface area (Å²) in [6, 6.07) is 4.56. The summed E-state index contributed by atoms with van der Waals surface area (Å²) in [6.45, 7) is 0. The summed E-state index contributed by atoms with van der Waals surface area (Å²) >= 11 is 1.23. The number of nitrogens with zero attached hydrogens (tertiary/aromatic N) is 3. The Bertz CT molecular complexity index is 897. The molecule has 0 fully saturated rings. The number of hydrogen-bond donors (Lipinski definition) is 4. The molecule has 0 saturated carbocycles. The second-order valence-corrected chi connectivity index (χ2v) is 5.71. The first kappa shape index (κ1) is 15.9. The molecule has 1 amide bonds. The lowest BCUT2D eigenvalue weighted by molar-refractivity contribution is -0.113. The molecule has 3 rings (SSSR count). The van der Waals surface area contributed by atoms with E-state index in [0.717, 1.165) is 0 Å². The Hall–Kier alpha value is -3.01. The third-order valence-electron chi connectivity index (χ3n) is 3.10. The number of aromatic amines is 1. The number of anilines is 2. The zero-order chi connectivity index (χ0) is 17.1. The molecule has 0 unspecified atom stereocenters. The highest BCUT2D eigenvalue weighted by Gasteiger charge is 2.12. The van der Waals surface area contributed by atoms with Crippen LogP contribution in [0.4, 0.5) is 11.6 Å². The molecule has 0 atom stereocenters. The van der Waals surface area contributed by atoms with E-state index >= 15 is 0 Å². The molecule has 2 heterocycles. The molecule has 0 bridgehead atoms. The molecule has 3 aromatic rings.